The molecular weight excluding hydrogens is 413 g/mol. The molecule has 1 aliphatic carbocycles. The van der Waals surface area contributed by atoms with Crippen molar-refractivity contribution >= 4 is 34.2 Å². The van der Waals surface area contributed by atoms with Gasteiger partial charge in [0.1, 0.15) is 0 Å². The Balaban J connectivity index is 1.52. The minimum absolute atomic E-state index is 0.329. The fourth-order valence-electron chi connectivity index (χ4n) is 3.25. The summed E-state index contributed by atoms with van der Waals surface area (Å²) in [6.07, 6.45) is -0.599. The fourth-order valence-corrected chi connectivity index (χ4v) is 4.27. The predicted octanol–water partition coefficient (Wildman–Crippen LogP) is 6.05. The SMILES string of the molecule is CCOC(=O)/C=C/c1ccc2c(c1)Cc1sc(Nc3cccc(C(F)(F)F)c3)nc1-2. The lowest BCUT2D eigenvalue weighted by molar-refractivity contribution is -0.138. The first-order chi connectivity index (χ1) is 14.3. The highest BCUT2D eigenvalue weighted by Crippen LogP contribution is 2.42. The highest BCUT2D eigenvalue weighted by atomic mass is 32.1. The molecule has 2 aromatic carbocycles. The number of carbonyl (C=O) groups excluding carboxylic acids is 1. The molecule has 0 amide bonds. The number of fused-ring (bicyclic) bond motifs is 3. The maximum atomic E-state index is 12.9. The number of alkyl halides is 3. The van der Waals surface area contributed by atoms with Crippen molar-refractivity contribution in [2.24, 2.45) is 0 Å². The number of aromatic nitrogens is 1. The highest BCUT2D eigenvalue weighted by molar-refractivity contribution is 7.16. The van der Waals surface area contributed by atoms with E-state index in [2.05, 4.69) is 10.3 Å². The maximum Gasteiger partial charge on any atom is 0.416 e. The van der Waals surface area contributed by atoms with Gasteiger partial charge in [0, 0.05) is 28.6 Å². The molecular formula is C22H17F3N2O2S. The van der Waals surface area contributed by atoms with Gasteiger partial charge < -0.3 is 10.1 Å². The second-order valence-corrected chi connectivity index (χ2v) is 7.76. The van der Waals surface area contributed by atoms with E-state index < -0.39 is 11.7 Å². The molecule has 1 N–H and O–H groups in total. The molecule has 8 heteroatoms. The first-order valence-corrected chi connectivity index (χ1v) is 10.1. The fraction of sp³-hybridized carbons (Fsp3) is 0.182. The smallest absolute Gasteiger partial charge is 0.416 e. The molecule has 0 unspecified atom stereocenters. The topological polar surface area (TPSA) is 51.2 Å². The Bertz CT molecular complexity index is 1140. The number of hydrogen-bond donors (Lipinski definition) is 1. The number of ether oxygens (including phenoxy) is 1. The van der Waals surface area contributed by atoms with Crippen LogP contribution in [0.2, 0.25) is 0 Å². The lowest BCUT2D eigenvalue weighted by Crippen LogP contribution is -2.05. The quantitative estimate of drug-likeness (QED) is 0.309. The second-order valence-electron chi connectivity index (χ2n) is 6.67. The molecule has 0 fully saturated rings. The summed E-state index contributed by atoms with van der Waals surface area (Å²) in [4.78, 5) is 17.1. The second kappa shape index (κ2) is 7.95. The van der Waals surface area contributed by atoms with Crippen LogP contribution in [-0.4, -0.2) is 17.6 Å². The van der Waals surface area contributed by atoms with Crippen LogP contribution in [0.1, 0.15) is 28.5 Å². The lowest BCUT2D eigenvalue weighted by atomic mass is 10.1. The van der Waals surface area contributed by atoms with E-state index in [0.29, 0.717) is 23.8 Å². The molecule has 0 aliphatic heterocycles. The molecule has 0 radical (unpaired) electrons. The van der Waals surface area contributed by atoms with E-state index in [-0.39, 0.29) is 5.97 Å². The minimum Gasteiger partial charge on any atom is -0.463 e. The summed E-state index contributed by atoms with van der Waals surface area (Å²) < 4.78 is 43.6. The van der Waals surface area contributed by atoms with Crippen LogP contribution >= 0.6 is 11.3 Å². The summed E-state index contributed by atoms with van der Waals surface area (Å²) in [7, 11) is 0. The van der Waals surface area contributed by atoms with Gasteiger partial charge in [-0.25, -0.2) is 9.78 Å². The lowest BCUT2D eigenvalue weighted by Gasteiger charge is -2.09. The maximum absolute atomic E-state index is 12.9. The van der Waals surface area contributed by atoms with Gasteiger partial charge in [0.05, 0.1) is 17.9 Å². The Morgan fingerprint density at radius 3 is 2.87 bits per heavy atom. The number of hydrogen-bond acceptors (Lipinski definition) is 5. The number of rotatable bonds is 5. The van der Waals surface area contributed by atoms with Gasteiger partial charge in [-0.15, -0.1) is 11.3 Å². The average Bonchev–Trinajstić information content (AvgIpc) is 3.22. The average molecular weight is 430 g/mol. The standard InChI is InChI=1S/C22H17F3N2O2S/c1-2-29-19(28)9-7-13-6-8-17-14(10-13)11-18-20(17)27-21(30-18)26-16-5-3-4-15(12-16)22(23,24)25/h3-10,12H,2,11H2,1H3,(H,26,27)/b9-7+. The zero-order chi connectivity index (χ0) is 21.3. The molecule has 0 bridgehead atoms. The van der Waals surface area contributed by atoms with Gasteiger partial charge in [-0.05, 0) is 42.3 Å². The summed E-state index contributed by atoms with van der Waals surface area (Å²) in [5.74, 6) is -0.385. The van der Waals surface area contributed by atoms with Crippen molar-refractivity contribution in [1.29, 1.82) is 0 Å². The number of benzene rings is 2. The van der Waals surface area contributed by atoms with Gasteiger partial charge in [-0.1, -0.05) is 24.3 Å². The summed E-state index contributed by atoms with van der Waals surface area (Å²) in [5, 5.41) is 3.53. The van der Waals surface area contributed by atoms with Crippen LogP contribution in [0.25, 0.3) is 17.3 Å². The third-order valence-corrected chi connectivity index (χ3v) is 5.54. The van der Waals surface area contributed by atoms with Gasteiger partial charge in [-0.2, -0.15) is 13.2 Å². The van der Waals surface area contributed by atoms with Crippen molar-refractivity contribution in [3.8, 4) is 11.3 Å². The number of anilines is 2. The van der Waals surface area contributed by atoms with Crippen molar-refractivity contribution in [3.05, 3.63) is 70.1 Å². The molecule has 0 atom stereocenters. The molecule has 1 aromatic heterocycles. The first kappa shape index (κ1) is 20.2. The van der Waals surface area contributed by atoms with Crippen LogP contribution in [0.4, 0.5) is 24.0 Å². The molecule has 3 aromatic rings. The van der Waals surface area contributed by atoms with Crippen molar-refractivity contribution in [2.75, 3.05) is 11.9 Å². The Labute approximate surface area is 175 Å². The van der Waals surface area contributed by atoms with Crippen LogP contribution in [0.5, 0.6) is 0 Å². The van der Waals surface area contributed by atoms with E-state index in [1.54, 1.807) is 19.1 Å². The Morgan fingerprint density at radius 1 is 1.27 bits per heavy atom. The van der Waals surface area contributed by atoms with Crippen LogP contribution < -0.4 is 5.32 Å². The van der Waals surface area contributed by atoms with Crippen LogP contribution in [-0.2, 0) is 22.1 Å². The monoisotopic (exact) mass is 430 g/mol. The van der Waals surface area contributed by atoms with Gasteiger partial charge in [0.2, 0.25) is 0 Å². The first-order valence-electron chi connectivity index (χ1n) is 9.25. The third-order valence-electron chi connectivity index (χ3n) is 4.57. The Hall–Kier alpha value is -3.13. The third kappa shape index (κ3) is 4.23. The number of halogens is 3. The van der Waals surface area contributed by atoms with Crippen molar-refractivity contribution in [3.63, 3.8) is 0 Å². The van der Waals surface area contributed by atoms with Crippen molar-refractivity contribution < 1.29 is 22.7 Å². The van der Waals surface area contributed by atoms with Crippen molar-refractivity contribution in [1.82, 2.24) is 4.98 Å². The molecule has 1 aliphatic rings. The van der Waals surface area contributed by atoms with Crippen LogP contribution in [0.15, 0.2) is 48.5 Å². The van der Waals surface area contributed by atoms with E-state index in [0.717, 1.165) is 39.4 Å². The summed E-state index contributed by atoms with van der Waals surface area (Å²) >= 11 is 1.42. The number of esters is 1. The van der Waals surface area contributed by atoms with Crippen LogP contribution in [0.3, 0.4) is 0 Å². The Kier molecular flexibility index (Phi) is 5.34. The van der Waals surface area contributed by atoms with E-state index >= 15 is 0 Å². The zero-order valence-electron chi connectivity index (χ0n) is 15.9. The van der Waals surface area contributed by atoms with E-state index in [1.807, 2.05) is 18.2 Å². The van der Waals surface area contributed by atoms with E-state index in [9.17, 15) is 18.0 Å². The summed E-state index contributed by atoms with van der Waals surface area (Å²) in [6, 6.07) is 10.9. The summed E-state index contributed by atoms with van der Waals surface area (Å²) in [5.41, 5.74) is 3.46. The highest BCUT2D eigenvalue weighted by Gasteiger charge is 2.30. The van der Waals surface area contributed by atoms with Crippen LogP contribution in [0, 0.1) is 0 Å². The minimum atomic E-state index is -4.39. The van der Waals surface area contributed by atoms with Crippen molar-refractivity contribution in [2.45, 2.75) is 19.5 Å². The van der Waals surface area contributed by atoms with Gasteiger partial charge in [0.15, 0.2) is 5.13 Å². The largest absolute Gasteiger partial charge is 0.463 e. The molecule has 154 valence electrons. The van der Waals surface area contributed by atoms with Gasteiger partial charge >= 0.3 is 12.1 Å². The van der Waals surface area contributed by atoms with E-state index in [1.165, 1.54) is 23.5 Å². The zero-order valence-corrected chi connectivity index (χ0v) is 16.7. The molecule has 4 rings (SSSR count). The molecule has 0 spiro atoms. The molecule has 4 nitrogen and oxygen atoms in total. The number of nitrogens with zero attached hydrogens (tertiary/aromatic N) is 1. The number of thiazole rings is 1. The number of carbonyl (C=O) groups is 1. The normalized spacial score (nSPS) is 12.7. The summed E-state index contributed by atoms with van der Waals surface area (Å²) in [6.45, 7) is 2.08. The van der Waals surface area contributed by atoms with Gasteiger partial charge in [0.25, 0.3) is 0 Å². The predicted molar refractivity (Wildman–Crippen MR) is 111 cm³/mol. The molecule has 0 saturated carbocycles. The molecule has 0 saturated heterocycles. The van der Waals surface area contributed by atoms with E-state index in [4.69, 9.17) is 4.74 Å². The molecule has 1 heterocycles. The molecule has 30 heavy (non-hydrogen) atoms. The van der Waals surface area contributed by atoms with Gasteiger partial charge in [-0.3, -0.25) is 0 Å². The Morgan fingerprint density at radius 2 is 2.10 bits per heavy atom. The number of nitrogens with one attached hydrogen (secondary N) is 1.